The molecule has 4 heteroatoms. The minimum Gasteiger partial charge on any atom is -0.308 e. The van der Waals surface area contributed by atoms with E-state index >= 15 is 0 Å². The van der Waals surface area contributed by atoms with Gasteiger partial charge in [0, 0.05) is 11.4 Å². The number of rotatable bonds is 3. The molecule has 20 heavy (non-hydrogen) atoms. The van der Waals surface area contributed by atoms with Gasteiger partial charge in [0.05, 0.1) is 0 Å². The Labute approximate surface area is 117 Å². The van der Waals surface area contributed by atoms with Crippen molar-refractivity contribution in [3.05, 3.63) is 59.4 Å². The Bertz CT molecular complexity index is 626. The molecule has 0 unspecified atom stereocenters. The summed E-state index contributed by atoms with van der Waals surface area (Å²) in [6, 6.07) is 11.3. The van der Waals surface area contributed by atoms with Crippen LogP contribution in [0.2, 0.25) is 0 Å². The average molecular weight is 272 g/mol. The third-order valence-electron chi connectivity index (χ3n) is 3.06. The van der Waals surface area contributed by atoms with Gasteiger partial charge in [0.1, 0.15) is 5.82 Å². The van der Waals surface area contributed by atoms with E-state index in [9.17, 15) is 9.18 Å². The number of carbonyl (C=O) groups excluding carboxylic acids is 1. The summed E-state index contributed by atoms with van der Waals surface area (Å²) >= 11 is 0. The molecule has 0 atom stereocenters. The first-order valence-electron chi connectivity index (χ1n) is 6.52. The van der Waals surface area contributed by atoms with Gasteiger partial charge in [0.15, 0.2) is 0 Å². The highest BCUT2D eigenvalue weighted by Gasteiger charge is 2.08. The molecule has 0 aliphatic rings. The number of amides is 2. The Kier molecular flexibility index (Phi) is 4.35. The van der Waals surface area contributed by atoms with E-state index in [1.165, 1.54) is 12.1 Å². The van der Waals surface area contributed by atoms with E-state index in [2.05, 4.69) is 10.6 Å². The Morgan fingerprint density at radius 2 is 1.90 bits per heavy atom. The third-order valence-corrected chi connectivity index (χ3v) is 3.06. The van der Waals surface area contributed by atoms with Crippen LogP contribution in [0.3, 0.4) is 0 Å². The van der Waals surface area contributed by atoms with Gasteiger partial charge in [-0.3, -0.25) is 0 Å². The Morgan fingerprint density at radius 3 is 2.60 bits per heavy atom. The number of halogens is 1. The number of anilines is 2. The molecule has 0 spiro atoms. The second kappa shape index (κ2) is 6.19. The minimum absolute atomic E-state index is 0.375. The summed E-state index contributed by atoms with van der Waals surface area (Å²) in [5.74, 6) is -0.382. The van der Waals surface area contributed by atoms with Crippen molar-refractivity contribution in [1.29, 1.82) is 0 Å². The largest absolute Gasteiger partial charge is 0.323 e. The second-order valence-corrected chi connectivity index (χ2v) is 4.55. The van der Waals surface area contributed by atoms with Crippen LogP contribution in [-0.4, -0.2) is 6.03 Å². The van der Waals surface area contributed by atoms with E-state index in [1.807, 2.05) is 32.0 Å². The Morgan fingerprint density at radius 1 is 1.15 bits per heavy atom. The number of carbonyl (C=O) groups is 1. The van der Waals surface area contributed by atoms with Crippen molar-refractivity contribution in [1.82, 2.24) is 0 Å². The quantitative estimate of drug-likeness (QED) is 0.857. The maximum Gasteiger partial charge on any atom is 0.323 e. The first-order chi connectivity index (χ1) is 9.60. The molecule has 0 heterocycles. The van der Waals surface area contributed by atoms with Gasteiger partial charge in [-0.05, 0) is 42.7 Å². The highest BCUT2D eigenvalue weighted by molar-refractivity contribution is 6.00. The van der Waals surface area contributed by atoms with Crippen molar-refractivity contribution >= 4 is 17.4 Å². The zero-order chi connectivity index (χ0) is 14.5. The predicted molar refractivity (Wildman–Crippen MR) is 79.6 cm³/mol. The second-order valence-electron chi connectivity index (χ2n) is 4.55. The normalized spacial score (nSPS) is 10.2. The molecule has 0 bridgehead atoms. The molecule has 0 saturated heterocycles. The number of benzene rings is 2. The topological polar surface area (TPSA) is 41.1 Å². The van der Waals surface area contributed by atoms with Crippen LogP contribution in [0.25, 0.3) is 0 Å². The van der Waals surface area contributed by atoms with Gasteiger partial charge in [0.2, 0.25) is 0 Å². The maximum absolute atomic E-state index is 13.1. The fourth-order valence-electron chi connectivity index (χ4n) is 2.04. The van der Waals surface area contributed by atoms with Crippen molar-refractivity contribution in [2.24, 2.45) is 0 Å². The number of aryl methyl sites for hydroxylation is 2. The van der Waals surface area contributed by atoms with E-state index in [0.29, 0.717) is 5.69 Å². The predicted octanol–water partition coefficient (Wildman–Crippen LogP) is 4.34. The summed E-state index contributed by atoms with van der Waals surface area (Å²) < 4.78 is 13.1. The van der Waals surface area contributed by atoms with Gasteiger partial charge in [-0.25, -0.2) is 9.18 Å². The van der Waals surface area contributed by atoms with Gasteiger partial charge in [0.25, 0.3) is 0 Å². The number of hydrogen-bond acceptors (Lipinski definition) is 1. The molecule has 2 rings (SSSR count). The van der Waals surface area contributed by atoms with E-state index in [0.717, 1.165) is 23.2 Å². The lowest BCUT2D eigenvalue weighted by molar-refractivity contribution is 0.262. The molecule has 2 aromatic rings. The molecule has 0 aliphatic heterocycles. The van der Waals surface area contributed by atoms with Crippen molar-refractivity contribution in [2.45, 2.75) is 20.3 Å². The fourth-order valence-corrected chi connectivity index (χ4v) is 2.04. The van der Waals surface area contributed by atoms with Gasteiger partial charge in [-0.1, -0.05) is 31.2 Å². The maximum atomic E-state index is 13.1. The summed E-state index contributed by atoms with van der Waals surface area (Å²) in [4.78, 5) is 12.0. The van der Waals surface area contributed by atoms with Crippen LogP contribution in [-0.2, 0) is 6.42 Å². The van der Waals surface area contributed by atoms with Gasteiger partial charge < -0.3 is 10.6 Å². The molecule has 0 radical (unpaired) electrons. The van der Waals surface area contributed by atoms with Crippen molar-refractivity contribution in [2.75, 3.05) is 10.6 Å². The number of para-hydroxylation sites is 1. The Balaban J connectivity index is 2.12. The lowest BCUT2D eigenvalue weighted by Crippen LogP contribution is -2.20. The molecule has 2 amide bonds. The molecule has 0 aliphatic carbocycles. The molecule has 0 aromatic heterocycles. The Hall–Kier alpha value is -2.36. The van der Waals surface area contributed by atoms with Crippen LogP contribution in [0.15, 0.2) is 42.5 Å². The van der Waals surface area contributed by atoms with E-state index in [1.54, 1.807) is 12.1 Å². The third kappa shape index (κ3) is 3.35. The van der Waals surface area contributed by atoms with Crippen molar-refractivity contribution < 1.29 is 9.18 Å². The highest BCUT2D eigenvalue weighted by atomic mass is 19.1. The monoisotopic (exact) mass is 272 g/mol. The minimum atomic E-state index is -0.382. The van der Waals surface area contributed by atoms with Crippen LogP contribution in [0.5, 0.6) is 0 Å². The molecule has 0 fully saturated rings. The fraction of sp³-hybridized carbons (Fsp3) is 0.188. The van der Waals surface area contributed by atoms with Crippen LogP contribution in [0.1, 0.15) is 18.1 Å². The number of hydrogen-bond donors (Lipinski definition) is 2. The smallest absolute Gasteiger partial charge is 0.308 e. The highest BCUT2D eigenvalue weighted by Crippen LogP contribution is 2.21. The number of nitrogens with one attached hydrogen (secondary N) is 2. The van der Waals surface area contributed by atoms with Crippen LogP contribution < -0.4 is 10.6 Å². The van der Waals surface area contributed by atoms with Gasteiger partial charge >= 0.3 is 6.03 Å². The zero-order valence-corrected chi connectivity index (χ0v) is 11.5. The molecule has 2 aromatic carbocycles. The van der Waals surface area contributed by atoms with Gasteiger partial charge in [-0.15, -0.1) is 0 Å². The molecule has 2 N–H and O–H groups in total. The van der Waals surface area contributed by atoms with Crippen molar-refractivity contribution in [3.63, 3.8) is 0 Å². The average Bonchev–Trinajstić information content (AvgIpc) is 2.41. The van der Waals surface area contributed by atoms with Gasteiger partial charge in [-0.2, -0.15) is 0 Å². The van der Waals surface area contributed by atoms with Crippen LogP contribution in [0, 0.1) is 12.7 Å². The standard InChI is InChI=1S/C16H17FN2O/c1-3-12-7-4-6-11(2)15(12)19-16(20)18-14-9-5-8-13(17)10-14/h4-10H,3H2,1-2H3,(H2,18,19,20). The van der Waals surface area contributed by atoms with E-state index in [-0.39, 0.29) is 11.8 Å². The van der Waals surface area contributed by atoms with Crippen LogP contribution in [0.4, 0.5) is 20.6 Å². The summed E-state index contributed by atoms with van der Waals surface area (Å²) in [5, 5.41) is 5.44. The summed E-state index contributed by atoms with van der Waals surface area (Å²) in [5.41, 5.74) is 3.30. The molecule has 0 saturated carbocycles. The number of urea groups is 1. The molecular weight excluding hydrogens is 255 g/mol. The summed E-state index contributed by atoms with van der Waals surface area (Å²) in [6.45, 7) is 3.97. The van der Waals surface area contributed by atoms with Crippen LogP contribution >= 0.6 is 0 Å². The summed E-state index contributed by atoms with van der Waals surface area (Å²) in [7, 11) is 0. The molecule has 104 valence electrons. The lowest BCUT2D eigenvalue weighted by atomic mass is 10.1. The molecule has 3 nitrogen and oxygen atoms in total. The van der Waals surface area contributed by atoms with E-state index in [4.69, 9.17) is 0 Å². The van der Waals surface area contributed by atoms with E-state index < -0.39 is 0 Å². The SMILES string of the molecule is CCc1cccc(C)c1NC(=O)Nc1cccc(F)c1. The first kappa shape index (κ1) is 14.1. The summed E-state index contributed by atoms with van der Waals surface area (Å²) in [6.07, 6.45) is 0.831. The lowest BCUT2D eigenvalue weighted by Gasteiger charge is -2.13. The first-order valence-corrected chi connectivity index (χ1v) is 6.52. The van der Waals surface area contributed by atoms with Crippen molar-refractivity contribution in [3.8, 4) is 0 Å². The molecular formula is C16H17FN2O. The zero-order valence-electron chi connectivity index (χ0n) is 11.5.